The van der Waals surface area contributed by atoms with Gasteiger partial charge in [-0.15, -0.1) is 0 Å². The van der Waals surface area contributed by atoms with Crippen molar-refractivity contribution in [3.63, 3.8) is 0 Å². The van der Waals surface area contributed by atoms with Crippen molar-refractivity contribution < 1.29 is 17.7 Å². The molecule has 0 aromatic heterocycles. The van der Waals surface area contributed by atoms with E-state index in [1.54, 1.807) is 6.07 Å². The van der Waals surface area contributed by atoms with Crippen LogP contribution >= 0.6 is 0 Å². The van der Waals surface area contributed by atoms with Gasteiger partial charge in [0.1, 0.15) is 0 Å². The summed E-state index contributed by atoms with van der Waals surface area (Å²) in [7, 11) is -3.73. The summed E-state index contributed by atoms with van der Waals surface area (Å²) in [6.07, 6.45) is 1.25. The predicted octanol–water partition coefficient (Wildman–Crippen LogP) is 3.70. The predicted molar refractivity (Wildman–Crippen MR) is 113 cm³/mol. The standard InChI is InChI=1S/C22H27BO4S/c1-20(2)16-9-8-10-18(23-26-21(3,4)22(5,6)27-23)19(16)15-12-11-14(13-17(15)20)28(7,24)25/h8-13H,1-7H3. The van der Waals surface area contributed by atoms with Gasteiger partial charge >= 0.3 is 7.12 Å². The molecule has 0 radical (unpaired) electrons. The molecule has 28 heavy (non-hydrogen) atoms. The smallest absolute Gasteiger partial charge is 0.399 e. The second-order valence-corrected chi connectivity index (χ2v) is 11.5. The van der Waals surface area contributed by atoms with E-state index in [1.165, 1.54) is 11.8 Å². The van der Waals surface area contributed by atoms with Crippen LogP contribution in [0.2, 0.25) is 0 Å². The molecule has 0 spiro atoms. The lowest BCUT2D eigenvalue weighted by Gasteiger charge is -2.32. The van der Waals surface area contributed by atoms with Crippen LogP contribution in [0.1, 0.15) is 52.7 Å². The molecule has 1 fully saturated rings. The Kier molecular flexibility index (Phi) is 4.01. The molecule has 0 atom stereocenters. The third-order valence-corrected chi connectivity index (χ3v) is 7.75. The molecule has 4 nitrogen and oxygen atoms in total. The minimum atomic E-state index is -3.27. The van der Waals surface area contributed by atoms with E-state index in [1.807, 2.05) is 45.9 Å². The van der Waals surface area contributed by atoms with E-state index < -0.39 is 28.2 Å². The average molecular weight is 398 g/mol. The SMILES string of the molecule is CC1(C)c2cc(S(C)(=O)=O)ccc2-c2c(B3OC(C)(C)C(C)(C)O3)cccc21. The number of fused-ring (bicyclic) bond motifs is 3. The fourth-order valence-electron chi connectivity index (χ4n) is 4.19. The summed E-state index contributed by atoms with van der Waals surface area (Å²) in [5, 5.41) is 0. The summed E-state index contributed by atoms with van der Waals surface area (Å²) in [6.45, 7) is 12.5. The van der Waals surface area contributed by atoms with Gasteiger partial charge < -0.3 is 9.31 Å². The number of rotatable bonds is 2. The van der Waals surface area contributed by atoms with Gasteiger partial charge in [0.2, 0.25) is 0 Å². The van der Waals surface area contributed by atoms with Crippen LogP contribution in [-0.2, 0) is 24.6 Å². The maximum Gasteiger partial charge on any atom is 0.495 e. The topological polar surface area (TPSA) is 52.6 Å². The monoisotopic (exact) mass is 398 g/mol. The fourth-order valence-corrected chi connectivity index (χ4v) is 4.84. The second kappa shape index (κ2) is 5.71. The van der Waals surface area contributed by atoms with Gasteiger partial charge in [-0.3, -0.25) is 0 Å². The lowest BCUT2D eigenvalue weighted by atomic mass is 9.73. The molecule has 0 N–H and O–H groups in total. The molecule has 2 aromatic rings. The zero-order chi connectivity index (χ0) is 20.7. The molecule has 6 heteroatoms. The van der Waals surface area contributed by atoms with Crippen molar-refractivity contribution in [2.45, 2.75) is 63.1 Å². The van der Waals surface area contributed by atoms with E-state index in [-0.39, 0.29) is 5.41 Å². The molecule has 1 aliphatic heterocycles. The molecule has 2 aliphatic rings. The molecule has 1 aliphatic carbocycles. The van der Waals surface area contributed by atoms with Crippen molar-refractivity contribution in [2.24, 2.45) is 0 Å². The van der Waals surface area contributed by atoms with E-state index >= 15 is 0 Å². The van der Waals surface area contributed by atoms with Crippen LogP contribution in [0.5, 0.6) is 0 Å². The Morgan fingerprint density at radius 2 is 1.46 bits per heavy atom. The molecule has 1 saturated heterocycles. The minimum Gasteiger partial charge on any atom is -0.399 e. The first-order valence-corrected chi connectivity index (χ1v) is 11.5. The molecule has 148 valence electrons. The largest absolute Gasteiger partial charge is 0.495 e. The summed E-state index contributed by atoms with van der Waals surface area (Å²) in [6, 6.07) is 11.6. The van der Waals surface area contributed by atoms with Gasteiger partial charge in [-0.25, -0.2) is 8.42 Å². The normalized spacial score (nSPS) is 21.5. The van der Waals surface area contributed by atoms with E-state index in [0.717, 1.165) is 22.2 Å². The highest BCUT2D eigenvalue weighted by atomic mass is 32.2. The van der Waals surface area contributed by atoms with Crippen LogP contribution in [0.15, 0.2) is 41.3 Å². The maximum atomic E-state index is 12.1. The highest BCUT2D eigenvalue weighted by molar-refractivity contribution is 7.90. The number of benzene rings is 2. The first-order chi connectivity index (χ1) is 12.8. The first-order valence-electron chi connectivity index (χ1n) is 9.60. The van der Waals surface area contributed by atoms with Crippen molar-refractivity contribution in [2.75, 3.05) is 6.26 Å². The zero-order valence-corrected chi connectivity index (χ0v) is 18.4. The number of sulfone groups is 1. The van der Waals surface area contributed by atoms with Gasteiger partial charge in [-0.05, 0) is 67.5 Å². The summed E-state index contributed by atoms with van der Waals surface area (Å²) in [5.41, 5.74) is 4.20. The van der Waals surface area contributed by atoms with Gasteiger partial charge in [0, 0.05) is 11.7 Å². The van der Waals surface area contributed by atoms with Crippen LogP contribution < -0.4 is 5.46 Å². The second-order valence-electron chi connectivity index (χ2n) is 9.46. The molecule has 0 bridgehead atoms. The quantitative estimate of drug-likeness (QED) is 0.724. The summed E-state index contributed by atoms with van der Waals surface area (Å²) >= 11 is 0. The van der Waals surface area contributed by atoms with E-state index in [2.05, 4.69) is 26.0 Å². The highest BCUT2D eigenvalue weighted by Gasteiger charge is 2.53. The van der Waals surface area contributed by atoms with Crippen molar-refractivity contribution in [3.8, 4) is 11.1 Å². The molecule has 0 amide bonds. The highest BCUT2D eigenvalue weighted by Crippen LogP contribution is 2.49. The fraction of sp³-hybridized carbons (Fsp3) is 0.455. The van der Waals surface area contributed by atoms with Crippen molar-refractivity contribution in [1.29, 1.82) is 0 Å². The zero-order valence-electron chi connectivity index (χ0n) is 17.6. The van der Waals surface area contributed by atoms with Gasteiger partial charge in [0.25, 0.3) is 0 Å². The molecule has 2 aromatic carbocycles. The van der Waals surface area contributed by atoms with Crippen LogP contribution in [-0.4, -0.2) is 33.0 Å². The third kappa shape index (κ3) is 2.69. The Balaban J connectivity index is 1.92. The number of hydrogen-bond donors (Lipinski definition) is 0. The maximum absolute atomic E-state index is 12.1. The van der Waals surface area contributed by atoms with Crippen LogP contribution in [0.25, 0.3) is 11.1 Å². The lowest BCUT2D eigenvalue weighted by Crippen LogP contribution is -2.41. The van der Waals surface area contributed by atoms with Gasteiger partial charge in [0.05, 0.1) is 16.1 Å². The summed E-state index contributed by atoms with van der Waals surface area (Å²) < 4.78 is 36.8. The van der Waals surface area contributed by atoms with Crippen LogP contribution in [0.4, 0.5) is 0 Å². The van der Waals surface area contributed by atoms with E-state index in [4.69, 9.17) is 9.31 Å². The third-order valence-electron chi connectivity index (χ3n) is 6.64. The molecular formula is C22H27BO4S. The van der Waals surface area contributed by atoms with Gasteiger partial charge in [-0.1, -0.05) is 38.1 Å². The Morgan fingerprint density at radius 1 is 0.857 bits per heavy atom. The van der Waals surface area contributed by atoms with Crippen LogP contribution in [0.3, 0.4) is 0 Å². The van der Waals surface area contributed by atoms with E-state index in [0.29, 0.717) is 4.90 Å². The van der Waals surface area contributed by atoms with Crippen LogP contribution in [0, 0.1) is 0 Å². The molecule has 0 saturated carbocycles. The molecule has 1 heterocycles. The van der Waals surface area contributed by atoms with Gasteiger partial charge in [-0.2, -0.15) is 0 Å². The molecule has 0 unspecified atom stereocenters. The van der Waals surface area contributed by atoms with Crippen molar-refractivity contribution in [3.05, 3.63) is 47.5 Å². The van der Waals surface area contributed by atoms with Gasteiger partial charge in [0.15, 0.2) is 9.84 Å². The minimum absolute atomic E-state index is 0.301. The molecular weight excluding hydrogens is 371 g/mol. The Hall–Kier alpha value is -1.63. The Morgan fingerprint density at radius 3 is 2.04 bits per heavy atom. The van der Waals surface area contributed by atoms with E-state index in [9.17, 15) is 8.42 Å². The Bertz CT molecular complexity index is 1070. The van der Waals surface area contributed by atoms with Crippen molar-refractivity contribution >= 4 is 22.4 Å². The molecule has 4 rings (SSSR count). The summed E-state index contributed by atoms with van der Waals surface area (Å²) in [5.74, 6) is 0. The Labute approximate surface area is 168 Å². The first kappa shape index (κ1) is 19.7. The number of hydrogen-bond acceptors (Lipinski definition) is 4. The van der Waals surface area contributed by atoms with Crippen molar-refractivity contribution in [1.82, 2.24) is 0 Å². The average Bonchev–Trinajstić information content (AvgIpc) is 2.94. The summed E-state index contributed by atoms with van der Waals surface area (Å²) in [4.78, 5) is 0.351. The lowest BCUT2D eigenvalue weighted by molar-refractivity contribution is 0.00578.